The normalized spacial score (nSPS) is 20.8. The van der Waals surface area contributed by atoms with Crippen LogP contribution in [0.25, 0.3) is 0 Å². The second-order valence-corrected chi connectivity index (χ2v) is 18.5. The molecular formula is C30H43BN6O3Si. The van der Waals surface area contributed by atoms with Crippen LogP contribution in [0.2, 0.25) is 18.1 Å². The van der Waals surface area contributed by atoms with Gasteiger partial charge in [-0.15, -0.1) is 0 Å². The maximum absolute atomic E-state index is 10.2. The van der Waals surface area contributed by atoms with Crippen molar-refractivity contribution < 1.29 is 13.7 Å². The van der Waals surface area contributed by atoms with E-state index in [4.69, 9.17) is 18.7 Å². The van der Waals surface area contributed by atoms with Crippen LogP contribution >= 0.6 is 0 Å². The molecule has 1 aliphatic heterocycles. The summed E-state index contributed by atoms with van der Waals surface area (Å²) >= 11 is 0. The Hall–Kier alpha value is -2.96. The third-order valence-electron chi connectivity index (χ3n) is 8.50. The summed E-state index contributed by atoms with van der Waals surface area (Å²) < 4.78 is 18.9. The molecule has 2 atom stereocenters. The predicted molar refractivity (Wildman–Crippen MR) is 165 cm³/mol. The fourth-order valence-electron chi connectivity index (χ4n) is 4.85. The topological polar surface area (TPSA) is 125 Å². The molecule has 1 aromatic carbocycles. The Kier molecular flexibility index (Phi) is 9.15. The summed E-state index contributed by atoms with van der Waals surface area (Å²) in [6, 6.07) is 8.62. The molecule has 1 saturated heterocycles. The number of nitrogens with zero attached hydrogens (tertiary/aromatic N) is 4. The molecule has 11 heteroatoms. The number of aryl methyl sites for hydroxylation is 1. The van der Waals surface area contributed by atoms with Gasteiger partial charge in [-0.05, 0) is 62.0 Å². The lowest BCUT2D eigenvalue weighted by Gasteiger charge is -2.37. The van der Waals surface area contributed by atoms with Crippen LogP contribution in [0, 0.1) is 40.9 Å². The van der Waals surface area contributed by atoms with Gasteiger partial charge in [-0.3, -0.25) is 0 Å². The highest BCUT2D eigenvalue weighted by Crippen LogP contribution is 2.37. The lowest BCUT2D eigenvalue weighted by molar-refractivity contribution is 0.0341. The Morgan fingerprint density at radius 2 is 1.88 bits per heavy atom. The van der Waals surface area contributed by atoms with Gasteiger partial charge in [-0.2, -0.15) is 15.5 Å². The van der Waals surface area contributed by atoms with E-state index < -0.39 is 15.4 Å². The van der Waals surface area contributed by atoms with Gasteiger partial charge in [-0.25, -0.2) is 4.98 Å². The summed E-state index contributed by atoms with van der Waals surface area (Å²) in [7, 11) is -2.73. The number of benzene rings is 1. The molecule has 4 rings (SSSR count). The minimum atomic E-state index is -2.08. The Morgan fingerprint density at radius 1 is 1.17 bits per heavy atom. The van der Waals surface area contributed by atoms with E-state index >= 15 is 0 Å². The second-order valence-electron chi connectivity index (χ2n) is 13.6. The highest BCUT2D eigenvalue weighted by atomic mass is 28.4. The van der Waals surface area contributed by atoms with Gasteiger partial charge in [-0.1, -0.05) is 34.6 Å². The van der Waals surface area contributed by atoms with Crippen LogP contribution in [0.4, 0.5) is 17.5 Å². The van der Waals surface area contributed by atoms with Gasteiger partial charge in [0.1, 0.15) is 5.82 Å². The summed E-state index contributed by atoms with van der Waals surface area (Å²) in [5.41, 5.74) is 3.51. The average molecular weight is 575 g/mol. The van der Waals surface area contributed by atoms with E-state index in [1.807, 2.05) is 13.0 Å². The molecule has 0 bridgehead atoms. The molecule has 0 radical (unpaired) electrons. The lowest BCUT2D eigenvalue weighted by Crippen LogP contribution is -2.50. The molecule has 1 aromatic heterocycles. The highest BCUT2D eigenvalue weighted by molar-refractivity contribution is 6.74. The van der Waals surface area contributed by atoms with E-state index in [2.05, 4.69) is 75.5 Å². The van der Waals surface area contributed by atoms with Crippen LogP contribution in [-0.4, -0.2) is 44.7 Å². The zero-order valence-corrected chi connectivity index (χ0v) is 26.7. The van der Waals surface area contributed by atoms with Crippen LogP contribution in [0.1, 0.15) is 70.6 Å². The van der Waals surface area contributed by atoms with Crippen molar-refractivity contribution in [3.8, 4) is 12.1 Å². The molecule has 0 amide bonds. The smallest absolute Gasteiger partial charge is 0.413 e. The standard InChI is InChI=1S/C30H43BN6O3Si/c1-20-16-34-28(37-27(20)36-25-11-9-10-21(25)14-32)35-24-12-22(15-33)26(31-38-18-30(5,6)19-39-31)23(13-24)17-40-41(7,8)29(2,3)4/h12-13,16,21,25H,9-11,17-19H2,1-8H3,(H2,34,35,36,37)/t21-,25+/m0/s1. The molecule has 218 valence electrons. The van der Waals surface area contributed by atoms with Gasteiger partial charge < -0.3 is 24.4 Å². The van der Waals surface area contributed by atoms with Crippen molar-refractivity contribution >= 4 is 38.4 Å². The molecule has 0 spiro atoms. The van der Waals surface area contributed by atoms with Crippen LogP contribution < -0.4 is 16.1 Å². The van der Waals surface area contributed by atoms with Crippen LogP contribution in [-0.2, 0) is 20.3 Å². The van der Waals surface area contributed by atoms with E-state index in [-0.39, 0.29) is 22.4 Å². The third-order valence-corrected chi connectivity index (χ3v) is 13.0. The van der Waals surface area contributed by atoms with Crippen molar-refractivity contribution in [3.63, 3.8) is 0 Å². The number of nitriles is 2. The van der Waals surface area contributed by atoms with E-state index in [0.717, 1.165) is 30.4 Å². The van der Waals surface area contributed by atoms with Gasteiger partial charge in [0.2, 0.25) is 5.95 Å². The van der Waals surface area contributed by atoms with Crippen molar-refractivity contribution in [1.82, 2.24) is 9.97 Å². The fraction of sp³-hybridized carbons (Fsp3) is 0.600. The maximum Gasteiger partial charge on any atom is 0.495 e. The van der Waals surface area contributed by atoms with Crippen molar-refractivity contribution in [2.24, 2.45) is 11.3 Å². The fourth-order valence-corrected chi connectivity index (χ4v) is 5.80. The van der Waals surface area contributed by atoms with Crippen LogP contribution in [0.3, 0.4) is 0 Å². The van der Waals surface area contributed by atoms with Crippen molar-refractivity contribution in [3.05, 3.63) is 35.0 Å². The van der Waals surface area contributed by atoms with E-state index in [1.165, 1.54) is 0 Å². The molecule has 2 aromatic rings. The zero-order valence-electron chi connectivity index (χ0n) is 25.7. The molecular weight excluding hydrogens is 531 g/mol. The van der Waals surface area contributed by atoms with Gasteiger partial charge in [0, 0.05) is 47.6 Å². The molecule has 1 aliphatic carbocycles. The van der Waals surface area contributed by atoms with E-state index in [1.54, 1.807) is 12.3 Å². The van der Waals surface area contributed by atoms with Crippen molar-refractivity contribution in [2.75, 3.05) is 23.8 Å². The zero-order chi connectivity index (χ0) is 30.0. The first kappa shape index (κ1) is 31.0. The summed E-state index contributed by atoms with van der Waals surface area (Å²) in [5, 5.41) is 26.5. The number of anilines is 3. The summed E-state index contributed by atoms with van der Waals surface area (Å²) in [4.78, 5) is 9.23. The summed E-state index contributed by atoms with van der Waals surface area (Å²) in [6.45, 7) is 18.6. The van der Waals surface area contributed by atoms with Gasteiger partial charge >= 0.3 is 7.12 Å². The largest absolute Gasteiger partial charge is 0.495 e. The van der Waals surface area contributed by atoms with Crippen LogP contribution in [0.15, 0.2) is 18.3 Å². The molecule has 2 fully saturated rings. The van der Waals surface area contributed by atoms with Crippen molar-refractivity contribution in [2.45, 2.75) is 91.6 Å². The van der Waals surface area contributed by atoms with Gasteiger partial charge in [0.25, 0.3) is 0 Å². The highest BCUT2D eigenvalue weighted by Gasteiger charge is 2.39. The van der Waals surface area contributed by atoms with Gasteiger partial charge in [0.15, 0.2) is 8.32 Å². The molecule has 0 unspecified atom stereocenters. The maximum atomic E-state index is 10.2. The summed E-state index contributed by atoms with van der Waals surface area (Å²) in [5.74, 6) is 1.09. The lowest BCUT2D eigenvalue weighted by atomic mass is 9.71. The first-order valence-electron chi connectivity index (χ1n) is 14.4. The predicted octanol–water partition coefficient (Wildman–Crippen LogP) is 5.79. The Labute approximate surface area is 246 Å². The average Bonchev–Trinajstić information content (AvgIpc) is 3.36. The number of aromatic nitrogens is 2. The molecule has 9 nitrogen and oxygen atoms in total. The second kappa shape index (κ2) is 12.1. The molecule has 2 heterocycles. The van der Waals surface area contributed by atoms with E-state index in [0.29, 0.717) is 48.3 Å². The number of rotatable bonds is 8. The quantitative estimate of drug-likeness (QED) is 0.377. The molecule has 41 heavy (non-hydrogen) atoms. The van der Waals surface area contributed by atoms with E-state index in [9.17, 15) is 10.5 Å². The molecule has 2 aliphatic rings. The third kappa shape index (κ3) is 7.28. The Morgan fingerprint density at radius 3 is 2.51 bits per heavy atom. The van der Waals surface area contributed by atoms with Crippen LogP contribution in [0.5, 0.6) is 0 Å². The first-order chi connectivity index (χ1) is 19.2. The monoisotopic (exact) mass is 574 g/mol. The first-order valence-corrected chi connectivity index (χ1v) is 17.3. The molecule has 1 saturated carbocycles. The van der Waals surface area contributed by atoms with Crippen molar-refractivity contribution in [1.29, 1.82) is 10.5 Å². The SMILES string of the molecule is Cc1cnc(Nc2cc(C#N)c(B3OCC(C)(C)CO3)c(CO[Si](C)(C)C(C)(C)C)c2)nc1N[C@@H]1CCC[C@H]1C#N. The Balaban J connectivity index is 1.66. The molecule has 2 N–H and O–H groups in total. The van der Waals surface area contributed by atoms with Gasteiger partial charge in [0.05, 0.1) is 30.2 Å². The number of nitrogens with one attached hydrogen (secondary N) is 2. The minimum absolute atomic E-state index is 0.0234. The number of hydrogen-bond acceptors (Lipinski definition) is 9. The minimum Gasteiger partial charge on any atom is -0.413 e. The number of hydrogen-bond donors (Lipinski definition) is 2. The Bertz CT molecular complexity index is 1340. The summed E-state index contributed by atoms with van der Waals surface area (Å²) in [6.07, 6.45) is 4.64.